The first kappa shape index (κ1) is 22.3. The maximum atomic E-state index is 13.2. The van der Waals surface area contributed by atoms with Crippen molar-refractivity contribution in [3.63, 3.8) is 0 Å². The van der Waals surface area contributed by atoms with Crippen LogP contribution in [0.4, 0.5) is 5.69 Å². The smallest absolute Gasteiger partial charge is 0.242 e. The van der Waals surface area contributed by atoms with Gasteiger partial charge in [-0.2, -0.15) is 0 Å². The highest BCUT2D eigenvalue weighted by Crippen LogP contribution is 2.37. The van der Waals surface area contributed by atoms with Gasteiger partial charge < -0.3 is 9.88 Å². The van der Waals surface area contributed by atoms with Crippen molar-refractivity contribution in [1.29, 1.82) is 0 Å². The monoisotopic (exact) mass is 468 g/mol. The van der Waals surface area contributed by atoms with Gasteiger partial charge >= 0.3 is 0 Å². The molecule has 1 N–H and O–H groups in total. The standard InChI is InChI=1S/C23H24N4O3S2/c1-2-14-27-21(18-13-15-32(29,30)16-18)25-26-23(27)31-20(17-9-5-3-6-10-17)22(28)24-19-11-7-4-8-12-19/h2-12,18,20H,1,13-16H2,(H,24,28). The van der Waals surface area contributed by atoms with Crippen LogP contribution in [0.5, 0.6) is 0 Å². The molecule has 0 spiro atoms. The highest BCUT2D eigenvalue weighted by Gasteiger charge is 2.34. The summed E-state index contributed by atoms with van der Waals surface area (Å²) in [5.41, 5.74) is 1.55. The molecule has 2 unspecified atom stereocenters. The Morgan fingerprint density at radius 2 is 1.84 bits per heavy atom. The summed E-state index contributed by atoms with van der Waals surface area (Å²) in [6, 6.07) is 18.8. The van der Waals surface area contributed by atoms with Crippen LogP contribution in [0.25, 0.3) is 0 Å². The number of allylic oxidation sites excluding steroid dienone is 1. The summed E-state index contributed by atoms with van der Waals surface area (Å²) < 4.78 is 25.8. The number of thioether (sulfide) groups is 1. The number of hydrogen-bond donors (Lipinski definition) is 1. The zero-order valence-electron chi connectivity index (χ0n) is 17.4. The van der Waals surface area contributed by atoms with E-state index in [0.29, 0.717) is 29.6 Å². The number of nitrogens with zero attached hydrogens (tertiary/aromatic N) is 3. The zero-order valence-corrected chi connectivity index (χ0v) is 19.1. The number of carbonyl (C=O) groups is 1. The normalized spacial score (nSPS) is 18.2. The van der Waals surface area contributed by atoms with Gasteiger partial charge in [0.15, 0.2) is 15.0 Å². The van der Waals surface area contributed by atoms with E-state index >= 15 is 0 Å². The van der Waals surface area contributed by atoms with Crippen molar-refractivity contribution < 1.29 is 13.2 Å². The topological polar surface area (TPSA) is 93.9 Å². The van der Waals surface area contributed by atoms with Gasteiger partial charge in [-0.15, -0.1) is 16.8 Å². The van der Waals surface area contributed by atoms with Crippen molar-refractivity contribution in [3.05, 3.63) is 84.7 Å². The molecule has 32 heavy (non-hydrogen) atoms. The van der Waals surface area contributed by atoms with E-state index < -0.39 is 15.1 Å². The Kier molecular flexibility index (Phi) is 6.76. The molecule has 9 heteroatoms. The third-order valence-corrected chi connectivity index (χ3v) is 8.26. The van der Waals surface area contributed by atoms with Gasteiger partial charge in [-0.1, -0.05) is 66.4 Å². The molecule has 2 atom stereocenters. The molecule has 1 fully saturated rings. The Bertz CT molecular complexity index is 1190. The molecular formula is C23H24N4O3S2. The second-order valence-corrected chi connectivity index (χ2v) is 10.9. The maximum absolute atomic E-state index is 13.2. The number of para-hydroxylation sites is 1. The fraction of sp³-hybridized carbons (Fsp3) is 0.261. The Morgan fingerprint density at radius 1 is 1.16 bits per heavy atom. The molecule has 1 amide bonds. The summed E-state index contributed by atoms with van der Waals surface area (Å²) >= 11 is 1.30. The summed E-state index contributed by atoms with van der Waals surface area (Å²) in [5, 5.41) is 11.6. The minimum Gasteiger partial charge on any atom is -0.325 e. The molecule has 1 aromatic heterocycles. The average Bonchev–Trinajstić information content (AvgIpc) is 3.35. The number of aromatic nitrogens is 3. The van der Waals surface area contributed by atoms with Gasteiger partial charge in [0.1, 0.15) is 11.1 Å². The Labute approximate surface area is 191 Å². The third-order valence-electron chi connectivity index (χ3n) is 5.26. The number of anilines is 1. The number of carbonyl (C=O) groups excluding carboxylic acids is 1. The second-order valence-electron chi connectivity index (χ2n) is 7.60. The van der Waals surface area contributed by atoms with Crippen LogP contribution >= 0.6 is 11.8 Å². The first-order valence-electron chi connectivity index (χ1n) is 10.3. The van der Waals surface area contributed by atoms with Crippen LogP contribution in [0.3, 0.4) is 0 Å². The van der Waals surface area contributed by atoms with E-state index in [1.165, 1.54) is 11.8 Å². The van der Waals surface area contributed by atoms with E-state index in [1.54, 1.807) is 6.08 Å². The molecule has 166 valence electrons. The van der Waals surface area contributed by atoms with Crippen molar-refractivity contribution in [3.8, 4) is 0 Å². The largest absolute Gasteiger partial charge is 0.325 e. The molecule has 1 aliphatic heterocycles. The lowest BCUT2D eigenvalue weighted by molar-refractivity contribution is -0.115. The first-order chi connectivity index (χ1) is 15.5. The quantitative estimate of drug-likeness (QED) is 0.399. The number of benzene rings is 2. The number of amides is 1. The molecule has 4 rings (SSSR count). The van der Waals surface area contributed by atoms with Crippen molar-refractivity contribution >= 4 is 33.2 Å². The van der Waals surface area contributed by atoms with Crippen LogP contribution in [0.1, 0.15) is 29.0 Å². The first-order valence-corrected chi connectivity index (χ1v) is 13.0. The van der Waals surface area contributed by atoms with E-state index in [1.807, 2.05) is 65.2 Å². The molecule has 0 radical (unpaired) electrons. The van der Waals surface area contributed by atoms with E-state index in [4.69, 9.17) is 0 Å². The minimum atomic E-state index is -3.06. The van der Waals surface area contributed by atoms with Crippen molar-refractivity contribution in [2.45, 2.75) is 29.3 Å². The number of nitrogens with one attached hydrogen (secondary N) is 1. The Hall–Kier alpha value is -2.91. The maximum Gasteiger partial charge on any atom is 0.242 e. The fourth-order valence-corrected chi connectivity index (χ4v) is 6.52. The second kappa shape index (κ2) is 9.70. The van der Waals surface area contributed by atoms with Gasteiger partial charge in [0.05, 0.1) is 11.5 Å². The van der Waals surface area contributed by atoms with Gasteiger partial charge in [0, 0.05) is 18.2 Å². The van der Waals surface area contributed by atoms with E-state index in [9.17, 15) is 13.2 Å². The van der Waals surface area contributed by atoms with Gasteiger partial charge in [0.25, 0.3) is 0 Å². The summed E-state index contributed by atoms with van der Waals surface area (Å²) in [4.78, 5) is 13.2. The van der Waals surface area contributed by atoms with E-state index in [0.717, 1.165) is 5.56 Å². The van der Waals surface area contributed by atoms with Crippen LogP contribution in [-0.2, 0) is 21.2 Å². The van der Waals surface area contributed by atoms with E-state index in [-0.39, 0.29) is 23.3 Å². The lowest BCUT2D eigenvalue weighted by Gasteiger charge is -2.18. The molecule has 3 aromatic rings. The van der Waals surface area contributed by atoms with Crippen LogP contribution in [0.15, 0.2) is 78.5 Å². The van der Waals surface area contributed by atoms with Gasteiger partial charge in [-0.3, -0.25) is 4.79 Å². The van der Waals surface area contributed by atoms with Crippen molar-refractivity contribution in [2.75, 3.05) is 16.8 Å². The summed E-state index contributed by atoms with van der Waals surface area (Å²) in [6.45, 7) is 4.25. The highest BCUT2D eigenvalue weighted by atomic mass is 32.2. The van der Waals surface area contributed by atoms with Gasteiger partial charge in [-0.05, 0) is 24.1 Å². The van der Waals surface area contributed by atoms with Gasteiger partial charge in [0.2, 0.25) is 5.91 Å². The summed E-state index contributed by atoms with van der Waals surface area (Å²) in [7, 11) is -3.06. The molecule has 7 nitrogen and oxygen atoms in total. The molecule has 2 heterocycles. The van der Waals surface area contributed by atoms with Crippen molar-refractivity contribution in [2.24, 2.45) is 0 Å². The Balaban J connectivity index is 1.64. The number of rotatable bonds is 8. The third kappa shape index (κ3) is 5.11. The zero-order chi connectivity index (χ0) is 22.6. The summed E-state index contributed by atoms with van der Waals surface area (Å²) in [5.74, 6) is 0.487. The average molecular weight is 469 g/mol. The van der Waals surface area contributed by atoms with Crippen LogP contribution in [-0.4, -0.2) is 40.6 Å². The predicted octanol–water partition coefficient (Wildman–Crippen LogP) is 3.84. The van der Waals surface area contributed by atoms with Gasteiger partial charge in [-0.25, -0.2) is 8.42 Å². The molecule has 0 aliphatic carbocycles. The molecule has 0 saturated carbocycles. The predicted molar refractivity (Wildman–Crippen MR) is 126 cm³/mol. The Morgan fingerprint density at radius 3 is 2.47 bits per heavy atom. The molecule has 1 aliphatic rings. The number of hydrogen-bond acceptors (Lipinski definition) is 6. The number of sulfone groups is 1. The van der Waals surface area contributed by atoms with Crippen LogP contribution in [0, 0.1) is 0 Å². The minimum absolute atomic E-state index is 0.0730. The highest BCUT2D eigenvalue weighted by molar-refractivity contribution is 8.00. The van der Waals surface area contributed by atoms with E-state index in [2.05, 4.69) is 22.1 Å². The SMILES string of the molecule is C=CCn1c(SC(C(=O)Nc2ccccc2)c2ccccc2)nnc1C1CCS(=O)(=O)C1. The lowest BCUT2D eigenvalue weighted by Crippen LogP contribution is -2.19. The molecule has 0 bridgehead atoms. The van der Waals surface area contributed by atoms with Crippen LogP contribution in [0.2, 0.25) is 0 Å². The van der Waals surface area contributed by atoms with Crippen molar-refractivity contribution in [1.82, 2.24) is 14.8 Å². The molecule has 1 saturated heterocycles. The lowest BCUT2D eigenvalue weighted by atomic mass is 10.1. The van der Waals surface area contributed by atoms with Crippen LogP contribution < -0.4 is 5.32 Å². The summed E-state index contributed by atoms with van der Waals surface area (Å²) in [6.07, 6.45) is 2.25. The molecular weight excluding hydrogens is 444 g/mol. The fourth-order valence-electron chi connectivity index (χ4n) is 3.72. The molecule has 2 aromatic carbocycles.